The summed E-state index contributed by atoms with van der Waals surface area (Å²) in [5, 5.41) is 3.40. The minimum absolute atomic E-state index is 0.767. The SMILES string of the molecule is CC(C)CCNCc1cccc(N)c1. The molecule has 0 aliphatic heterocycles. The van der Waals surface area contributed by atoms with Crippen molar-refractivity contribution in [3.8, 4) is 0 Å². The van der Waals surface area contributed by atoms with E-state index in [4.69, 9.17) is 5.73 Å². The van der Waals surface area contributed by atoms with Gasteiger partial charge in [0.15, 0.2) is 0 Å². The molecule has 0 unspecified atom stereocenters. The van der Waals surface area contributed by atoms with Crippen LogP contribution in [0.4, 0.5) is 5.69 Å². The average molecular weight is 192 g/mol. The summed E-state index contributed by atoms with van der Waals surface area (Å²) in [4.78, 5) is 0. The molecule has 0 aromatic heterocycles. The molecule has 14 heavy (non-hydrogen) atoms. The van der Waals surface area contributed by atoms with E-state index in [9.17, 15) is 0 Å². The summed E-state index contributed by atoms with van der Waals surface area (Å²) in [6.07, 6.45) is 1.22. The van der Waals surface area contributed by atoms with E-state index in [1.165, 1.54) is 12.0 Å². The van der Waals surface area contributed by atoms with Crippen molar-refractivity contribution < 1.29 is 0 Å². The number of nitrogens with one attached hydrogen (secondary N) is 1. The van der Waals surface area contributed by atoms with Crippen LogP contribution >= 0.6 is 0 Å². The zero-order valence-corrected chi connectivity index (χ0v) is 9.09. The molecule has 2 heteroatoms. The Labute approximate surface area is 86.5 Å². The maximum Gasteiger partial charge on any atom is 0.0317 e. The molecule has 0 aliphatic rings. The van der Waals surface area contributed by atoms with Crippen LogP contribution in [0.1, 0.15) is 25.8 Å². The van der Waals surface area contributed by atoms with E-state index in [0.717, 1.165) is 24.7 Å². The monoisotopic (exact) mass is 192 g/mol. The third-order valence-corrected chi connectivity index (χ3v) is 2.18. The van der Waals surface area contributed by atoms with Crippen molar-refractivity contribution in [2.75, 3.05) is 12.3 Å². The van der Waals surface area contributed by atoms with Crippen LogP contribution < -0.4 is 11.1 Å². The van der Waals surface area contributed by atoms with Crippen molar-refractivity contribution in [1.29, 1.82) is 0 Å². The standard InChI is InChI=1S/C12H20N2/c1-10(2)6-7-14-9-11-4-3-5-12(13)8-11/h3-5,8,10,14H,6-7,9,13H2,1-2H3. The lowest BCUT2D eigenvalue weighted by atomic mass is 10.1. The van der Waals surface area contributed by atoms with Crippen LogP contribution in [0.25, 0.3) is 0 Å². The Morgan fingerprint density at radius 3 is 2.79 bits per heavy atom. The first-order chi connectivity index (χ1) is 6.68. The lowest BCUT2D eigenvalue weighted by Gasteiger charge is -2.07. The Hall–Kier alpha value is -1.02. The topological polar surface area (TPSA) is 38.0 Å². The summed E-state index contributed by atoms with van der Waals surface area (Å²) >= 11 is 0. The van der Waals surface area contributed by atoms with E-state index in [1.54, 1.807) is 0 Å². The summed E-state index contributed by atoms with van der Waals surface area (Å²) in [5.41, 5.74) is 7.78. The van der Waals surface area contributed by atoms with Gasteiger partial charge in [0.05, 0.1) is 0 Å². The van der Waals surface area contributed by atoms with E-state index in [2.05, 4.69) is 25.2 Å². The maximum atomic E-state index is 5.68. The molecule has 0 fully saturated rings. The molecule has 0 atom stereocenters. The van der Waals surface area contributed by atoms with Gasteiger partial charge in [0.1, 0.15) is 0 Å². The van der Waals surface area contributed by atoms with Gasteiger partial charge in [-0.3, -0.25) is 0 Å². The van der Waals surface area contributed by atoms with Crippen LogP contribution in [0.3, 0.4) is 0 Å². The molecule has 0 radical (unpaired) electrons. The highest BCUT2D eigenvalue weighted by Crippen LogP contribution is 2.06. The van der Waals surface area contributed by atoms with Crippen LogP contribution in [0, 0.1) is 5.92 Å². The fraction of sp³-hybridized carbons (Fsp3) is 0.500. The fourth-order valence-corrected chi connectivity index (χ4v) is 1.33. The molecule has 2 nitrogen and oxygen atoms in total. The number of hydrogen-bond donors (Lipinski definition) is 2. The van der Waals surface area contributed by atoms with E-state index in [0.29, 0.717) is 0 Å². The van der Waals surface area contributed by atoms with Gasteiger partial charge in [-0.15, -0.1) is 0 Å². The first-order valence-electron chi connectivity index (χ1n) is 5.23. The summed E-state index contributed by atoms with van der Waals surface area (Å²) < 4.78 is 0. The lowest BCUT2D eigenvalue weighted by Crippen LogP contribution is -2.16. The van der Waals surface area contributed by atoms with Gasteiger partial charge < -0.3 is 11.1 Å². The van der Waals surface area contributed by atoms with E-state index < -0.39 is 0 Å². The molecule has 1 rings (SSSR count). The summed E-state index contributed by atoms with van der Waals surface area (Å²) in [6, 6.07) is 8.02. The number of rotatable bonds is 5. The largest absolute Gasteiger partial charge is 0.399 e. The van der Waals surface area contributed by atoms with Crippen molar-refractivity contribution >= 4 is 5.69 Å². The number of nitrogens with two attached hydrogens (primary N) is 1. The molecule has 78 valence electrons. The number of hydrogen-bond acceptors (Lipinski definition) is 2. The van der Waals surface area contributed by atoms with Gasteiger partial charge in [0.25, 0.3) is 0 Å². The van der Waals surface area contributed by atoms with Crippen LogP contribution in [-0.2, 0) is 6.54 Å². The molecule has 0 aliphatic carbocycles. The normalized spacial score (nSPS) is 10.8. The Morgan fingerprint density at radius 2 is 2.14 bits per heavy atom. The van der Waals surface area contributed by atoms with Crippen molar-refractivity contribution in [1.82, 2.24) is 5.32 Å². The Balaban J connectivity index is 2.25. The van der Waals surface area contributed by atoms with Crippen molar-refractivity contribution in [3.63, 3.8) is 0 Å². The summed E-state index contributed by atoms with van der Waals surface area (Å²) in [6.45, 7) is 6.47. The average Bonchev–Trinajstić information content (AvgIpc) is 2.12. The van der Waals surface area contributed by atoms with Crippen LogP contribution in [0.2, 0.25) is 0 Å². The highest BCUT2D eigenvalue weighted by molar-refractivity contribution is 5.40. The molecule has 0 heterocycles. The van der Waals surface area contributed by atoms with Gasteiger partial charge in [-0.1, -0.05) is 26.0 Å². The maximum absolute atomic E-state index is 5.68. The zero-order chi connectivity index (χ0) is 10.4. The second-order valence-corrected chi connectivity index (χ2v) is 4.10. The first-order valence-corrected chi connectivity index (χ1v) is 5.23. The molecule has 3 N–H and O–H groups in total. The van der Waals surface area contributed by atoms with Crippen molar-refractivity contribution in [2.45, 2.75) is 26.8 Å². The molecule has 0 amide bonds. The molecule has 0 saturated carbocycles. The first kappa shape index (κ1) is 11.1. The van der Waals surface area contributed by atoms with E-state index in [1.807, 2.05) is 18.2 Å². The third kappa shape index (κ3) is 4.28. The van der Waals surface area contributed by atoms with E-state index >= 15 is 0 Å². The minimum atomic E-state index is 0.767. The van der Waals surface area contributed by atoms with Gasteiger partial charge in [-0.25, -0.2) is 0 Å². The van der Waals surface area contributed by atoms with Gasteiger partial charge in [0, 0.05) is 12.2 Å². The van der Waals surface area contributed by atoms with Gasteiger partial charge in [-0.05, 0) is 36.6 Å². The van der Waals surface area contributed by atoms with Crippen molar-refractivity contribution in [2.24, 2.45) is 5.92 Å². The predicted octanol–water partition coefficient (Wildman–Crippen LogP) is 2.40. The molecule has 0 bridgehead atoms. The number of nitrogen functional groups attached to an aromatic ring is 1. The lowest BCUT2D eigenvalue weighted by molar-refractivity contribution is 0.537. The second-order valence-electron chi connectivity index (χ2n) is 4.10. The summed E-state index contributed by atoms with van der Waals surface area (Å²) in [5.74, 6) is 0.767. The number of benzene rings is 1. The molecule has 0 spiro atoms. The molecule has 1 aromatic rings. The third-order valence-electron chi connectivity index (χ3n) is 2.18. The second kappa shape index (κ2) is 5.66. The Morgan fingerprint density at radius 1 is 1.36 bits per heavy atom. The zero-order valence-electron chi connectivity index (χ0n) is 9.09. The highest BCUT2D eigenvalue weighted by atomic mass is 14.8. The van der Waals surface area contributed by atoms with Gasteiger partial charge in [0.2, 0.25) is 0 Å². The van der Waals surface area contributed by atoms with Crippen molar-refractivity contribution in [3.05, 3.63) is 29.8 Å². The Kier molecular flexibility index (Phi) is 4.47. The molecular formula is C12H20N2. The molecule has 0 saturated heterocycles. The minimum Gasteiger partial charge on any atom is -0.399 e. The Bertz CT molecular complexity index is 269. The quantitative estimate of drug-likeness (QED) is 0.555. The fourth-order valence-electron chi connectivity index (χ4n) is 1.33. The van der Waals surface area contributed by atoms with Crippen LogP contribution in [-0.4, -0.2) is 6.54 Å². The highest BCUT2D eigenvalue weighted by Gasteiger charge is 1.95. The van der Waals surface area contributed by atoms with Gasteiger partial charge in [-0.2, -0.15) is 0 Å². The number of anilines is 1. The molecule has 1 aromatic carbocycles. The van der Waals surface area contributed by atoms with Gasteiger partial charge >= 0.3 is 0 Å². The van der Waals surface area contributed by atoms with E-state index in [-0.39, 0.29) is 0 Å². The smallest absolute Gasteiger partial charge is 0.0317 e. The summed E-state index contributed by atoms with van der Waals surface area (Å²) in [7, 11) is 0. The van der Waals surface area contributed by atoms with Crippen LogP contribution in [0.5, 0.6) is 0 Å². The molecular weight excluding hydrogens is 172 g/mol. The van der Waals surface area contributed by atoms with Crippen LogP contribution in [0.15, 0.2) is 24.3 Å². The predicted molar refractivity (Wildman–Crippen MR) is 62.0 cm³/mol.